The van der Waals surface area contributed by atoms with Crippen LogP contribution in [0.25, 0.3) is 0 Å². The first kappa shape index (κ1) is 70.1. The molecule has 24 nitrogen and oxygen atoms in total. The normalized spacial score (nSPS) is 45.2. The lowest BCUT2D eigenvalue weighted by atomic mass is 9.81. The number of hydrogen-bond acceptors (Lipinski definition) is 23. The Bertz CT molecular complexity index is 2190. The van der Waals surface area contributed by atoms with Gasteiger partial charge in [-0.15, -0.1) is 0 Å². The predicted molar refractivity (Wildman–Crippen MR) is 301 cm³/mol. The number of rotatable bonds is 7. The third kappa shape index (κ3) is 21.0. The molecule has 83 heavy (non-hydrogen) atoms. The molecule has 5 rings (SSSR count). The summed E-state index contributed by atoms with van der Waals surface area (Å²) in [7, 11) is 0. The molecule has 4 fully saturated rings. The van der Waals surface area contributed by atoms with E-state index in [0.29, 0.717) is 26.2 Å². The van der Waals surface area contributed by atoms with Crippen molar-refractivity contribution in [3.63, 3.8) is 0 Å². The number of carbonyl (C=O) groups excluding carboxylic acids is 2. The van der Waals surface area contributed by atoms with Crippen LogP contribution >= 0.6 is 0 Å². The maximum atomic E-state index is 14.6. The fourth-order valence-corrected chi connectivity index (χ4v) is 11.0. The summed E-state index contributed by atoms with van der Waals surface area (Å²) >= 11 is 0. The van der Waals surface area contributed by atoms with E-state index < -0.39 is 184 Å². The Morgan fingerprint density at radius 2 is 1.25 bits per heavy atom. The van der Waals surface area contributed by atoms with Crippen molar-refractivity contribution in [1.82, 2.24) is 15.1 Å². The van der Waals surface area contributed by atoms with Crippen molar-refractivity contribution in [3.05, 3.63) is 85.1 Å². The maximum absolute atomic E-state index is 14.6. The lowest BCUT2D eigenvalue weighted by molar-refractivity contribution is -0.323. The molecule has 15 N–H and O–H groups in total. The summed E-state index contributed by atoms with van der Waals surface area (Å²) in [5.41, 5.74) is 0. The number of hydrogen-bond donors (Lipinski definition) is 15. The number of aliphatic hydroxyl groups is 14. The minimum Gasteiger partial charge on any atom is -0.462 e. The van der Waals surface area contributed by atoms with E-state index in [0.717, 1.165) is 6.54 Å². The lowest BCUT2D eigenvalue weighted by Crippen LogP contribution is -2.69. The maximum Gasteiger partial charge on any atom is 0.308 e. The fourth-order valence-electron chi connectivity index (χ4n) is 11.0. The van der Waals surface area contributed by atoms with E-state index in [9.17, 15) is 81.1 Å². The molecule has 5 aliphatic rings. The molecule has 2 bridgehead atoms. The number of allylic oxidation sites excluding steroid dienone is 12. The minimum absolute atomic E-state index is 0.124. The van der Waals surface area contributed by atoms with Gasteiger partial charge in [-0.25, -0.2) is 0 Å². The first-order valence-corrected chi connectivity index (χ1v) is 29.1. The van der Waals surface area contributed by atoms with Crippen LogP contribution in [0.1, 0.15) is 86.0 Å². The van der Waals surface area contributed by atoms with Crippen LogP contribution in [0.3, 0.4) is 0 Å². The topological polar surface area (TPSA) is 382 Å². The molecule has 472 valence electrons. The van der Waals surface area contributed by atoms with Gasteiger partial charge in [0.1, 0.15) is 30.5 Å². The summed E-state index contributed by atoms with van der Waals surface area (Å²) in [5.74, 6) is -8.11. The highest BCUT2D eigenvalue weighted by Gasteiger charge is 2.53. The standard InChI is InChI=1S/C59H95N3O21/c1-6-61-23-25-62(26-24-61)56(76)49-45(68)32-58(77)31-41(65)28-44(67)43(66)22-21-39(63)27-40(64)29-48(70)80-37(4)36(3)51(71)35(2)19-17-15-13-11-9-7-8-10-12-14-16-18-20-42(30-47(49)83-58)82-57-54(74)50(52(72)38(5)81-57)60-34-59(78)55(75)53(73)46(69)33-79-59/h7-20,35-47,49-55,57,60,63-69,71-75,77-78H,6,21-34H2,1-5H3/b8-7+,11-9+,12-10+,15-13+,16-14+,19-17-,20-18+/t35-,36?,37-,38+,39+,40+,41-,42-,43-,44+,45-,46+,47?,49?,50-,51+,52+,53-,54-,55-,57-,58+,59+/m0/s1. The van der Waals surface area contributed by atoms with Crippen LogP contribution in [-0.4, -0.2) is 261 Å². The number of esters is 1. The van der Waals surface area contributed by atoms with E-state index in [1.807, 2.05) is 19.9 Å². The summed E-state index contributed by atoms with van der Waals surface area (Å²) in [4.78, 5) is 31.1. The Hall–Kier alpha value is -3.68. The van der Waals surface area contributed by atoms with Crippen molar-refractivity contribution in [3.8, 4) is 0 Å². The van der Waals surface area contributed by atoms with Gasteiger partial charge in [-0.05, 0) is 39.7 Å². The Kier molecular flexibility index (Phi) is 28.2. The number of carbonyl (C=O) groups is 2. The van der Waals surface area contributed by atoms with E-state index in [4.69, 9.17) is 23.7 Å². The Labute approximate surface area is 486 Å². The average molecular weight is 1180 g/mol. The zero-order chi connectivity index (χ0) is 61.2. The monoisotopic (exact) mass is 1180 g/mol. The van der Waals surface area contributed by atoms with Crippen LogP contribution < -0.4 is 5.32 Å². The molecular formula is C59H95N3O21. The molecule has 0 aromatic rings. The summed E-state index contributed by atoms with van der Waals surface area (Å²) in [5, 5.41) is 158. The van der Waals surface area contributed by atoms with Crippen LogP contribution in [0.4, 0.5) is 0 Å². The molecule has 5 heterocycles. The molecular weight excluding hydrogens is 1090 g/mol. The first-order valence-electron chi connectivity index (χ1n) is 29.1. The molecule has 0 radical (unpaired) electrons. The number of likely N-dealkylation sites (N-methyl/N-ethyl adjacent to an activating group) is 1. The summed E-state index contributed by atoms with van der Waals surface area (Å²) in [6.07, 6.45) is -2.61. The number of piperazine rings is 1. The van der Waals surface area contributed by atoms with Gasteiger partial charge in [-0.3, -0.25) is 9.59 Å². The van der Waals surface area contributed by atoms with Crippen molar-refractivity contribution in [2.75, 3.05) is 45.9 Å². The average Bonchev–Trinajstić information content (AvgIpc) is 3.06. The Morgan fingerprint density at radius 1 is 0.651 bits per heavy atom. The van der Waals surface area contributed by atoms with E-state index in [1.54, 1.807) is 97.7 Å². The van der Waals surface area contributed by atoms with Gasteiger partial charge in [0.25, 0.3) is 0 Å². The van der Waals surface area contributed by atoms with Crippen LogP contribution in [0.2, 0.25) is 0 Å². The van der Waals surface area contributed by atoms with Crippen molar-refractivity contribution < 1.29 is 105 Å². The number of nitrogens with zero attached hydrogens (tertiary/aromatic N) is 2. The molecule has 1 amide bonds. The molecule has 24 heteroatoms. The molecule has 5 aliphatic heterocycles. The van der Waals surface area contributed by atoms with Crippen LogP contribution in [0.15, 0.2) is 85.1 Å². The predicted octanol–water partition coefficient (Wildman–Crippen LogP) is -1.78. The number of cyclic esters (lactones) is 1. The molecule has 23 atom stereocenters. The van der Waals surface area contributed by atoms with Gasteiger partial charge in [-0.2, -0.15) is 0 Å². The second-order valence-electron chi connectivity index (χ2n) is 23.0. The van der Waals surface area contributed by atoms with Gasteiger partial charge >= 0.3 is 5.97 Å². The molecule has 0 aromatic carbocycles. The van der Waals surface area contributed by atoms with Crippen molar-refractivity contribution in [2.45, 2.75) is 208 Å². The summed E-state index contributed by atoms with van der Waals surface area (Å²) in [6, 6.07) is -1.34. The molecule has 0 aromatic heterocycles. The number of fused-ring (bicyclic) bond motifs is 2. The number of nitrogens with one attached hydrogen (secondary N) is 1. The van der Waals surface area contributed by atoms with Gasteiger partial charge in [0, 0.05) is 63.7 Å². The number of aliphatic hydroxyl groups excluding tert-OH is 12. The first-order chi connectivity index (χ1) is 39.3. The minimum atomic E-state index is -2.46. The largest absolute Gasteiger partial charge is 0.462 e. The Balaban J connectivity index is 1.44. The van der Waals surface area contributed by atoms with Gasteiger partial charge in [0.2, 0.25) is 11.7 Å². The van der Waals surface area contributed by atoms with E-state index >= 15 is 0 Å². The molecule has 0 aliphatic carbocycles. The SMILES string of the molecule is CCN1CCN(C(=O)C2C3C[C@@H](O[C@@H]4O[C@H](C)[C@@H](O)[C@H](NC[C@@]5(O)OC[C@@H](O)[C@H](O)[C@@H]5O)[C@@H]4O)/C=C/C=C/C=C/C=C/C=C/C=C/C=C\[C@H](C)[C@@H](O)C(C)[C@H](C)OC(=O)C[C@H](O)C[C@H](O)CC[C@H](O)[C@H](O)C[C@H](O)C[C@](O)(C[C@@H]2O)O3)CC1. The summed E-state index contributed by atoms with van der Waals surface area (Å²) in [6.45, 7) is 10.0. The van der Waals surface area contributed by atoms with Gasteiger partial charge in [0.05, 0.1) is 98.7 Å². The number of amides is 1. The highest BCUT2D eigenvalue weighted by molar-refractivity contribution is 5.80. The fraction of sp³-hybridized carbons (Fsp3) is 0.729. The number of ether oxygens (including phenoxy) is 5. The smallest absolute Gasteiger partial charge is 0.308 e. The van der Waals surface area contributed by atoms with Crippen LogP contribution in [0.5, 0.6) is 0 Å². The highest BCUT2D eigenvalue weighted by atomic mass is 16.7. The van der Waals surface area contributed by atoms with Gasteiger partial charge in [-0.1, -0.05) is 106 Å². The lowest BCUT2D eigenvalue weighted by Gasteiger charge is -2.48. The van der Waals surface area contributed by atoms with Gasteiger partial charge in [0.15, 0.2) is 12.1 Å². The zero-order valence-electron chi connectivity index (χ0n) is 48.3. The van der Waals surface area contributed by atoms with Crippen LogP contribution in [0, 0.1) is 17.8 Å². The molecule has 0 saturated carbocycles. The summed E-state index contributed by atoms with van der Waals surface area (Å²) < 4.78 is 29.6. The van der Waals surface area contributed by atoms with Crippen molar-refractivity contribution >= 4 is 11.9 Å². The Morgan fingerprint density at radius 3 is 1.87 bits per heavy atom. The second kappa shape index (κ2) is 33.4. The van der Waals surface area contributed by atoms with E-state index in [2.05, 4.69) is 10.2 Å². The van der Waals surface area contributed by atoms with Crippen molar-refractivity contribution in [1.29, 1.82) is 0 Å². The quantitative estimate of drug-likeness (QED) is 0.125. The van der Waals surface area contributed by atoms with Crippen LogP contribution in [-0.2, 0) is 33.3 Å². The molecule has 0 spiro atoms. The van der Waals surface area contributed by atoms with Gasteiger partial charge < -0.3 is 110 Å². The van der Waals surface area contributed by atoms with E-state index in [1.165, 1.54) is 6.92 Å². The van der Waals surface area contributed by atoms with E-state index in [-0.39, 0.29) is 31.6 Å². The molecule has 4 saturated heterocycles. The zero-order valence-corrected chi connectivity index (χ0v) is 48.3. The van der Waals surface area contributed by atoms with Crippen molar-refractivity contribution in [2.24, 2.45) is 17.8 Å². The second-order valence-corrected chi connectivity index (χ2v) is 23.0. The third-order valence-corrected chi connectivity index (χ3v) is 16.4. The molecule has 3 unspecified atom stereocenters. The third-order valence-electron chi connectivity index (χ3n) is 16.4. The highest BCUT2D eigenvalue weighted by Crippen LogP contribution is 2.39.